The Morgan fingerprint density at radius 1 is 1.47 bits per heavy atom. The van der Waals surface area contributed by atoms with Crippen molar-refractivity contribution < 1.29 is 9.90 Å². The van der Waals surface area contributed by atoms with Crippen LogP contribution in [0.5, 0.6) is 0 Å². The molecule has 4 unspecified atom stereocenters. The van der Waals surface area contributed by atoms with Gasteiger partial charge in [-0.2, -0.15) is 0 Å². The summed E-state index contributed by atoms with van der Waals surface area (Å²) in [6, 6.07) is 0. The average Bonchev–Trinajstić information content (AvgIpc) is 2.58. The lowest BCUT2D eigenvalue weighted by molar-refractivity contribution is 0.112. The van der Waals surface area contributed by atoms with Gasteiger partial charge in [0.1, 0.15) is 0 Å². The summed E-state index contributed by atoms with van der Waals surface area (Å²) in [5.41, 5.74) is 0. The highest BCUT2D eigenvalue weighted by molar-refractivity contribution is 6.79. The SMILES string of the molecule is C[Si](C)(C)C12CCC(CC1O)C2C[C-]=O. The molecule has 2 bridgehead atoms. The van der Waals surface area contributed by atoms with Crippen molar-refractivity contribution in [2.75, 3.05) is 0 Å². The van der Waals surface area contributed by atoms with Gasteiger partial charge in [0.15, 0.2) is 0 Å². The molecule has 0 aromatic rings. The van der Waals surface area contributed by atoms with E-state index in [1.807, 2.05) is 0 Å². The van der Waals surface area contributed by atoms with Gasteiger partial charge in [-0.3, -0.25) is 6.29 Å². The highest BCUT2D eigenvalue weighted by Crippen LogP contribution is 2.68. The van der Waals surface area contributed by atoms with Crippen LogP contribution in [-0.2, 0) is 4.79 Å². The summed E-state index contributed by atoms with van der Waals surface area (Å²) in [5, 5.41) is 10.4. The van der Waals surface area contributed by atoms with Crippen molar-refractivity contribution in [3.8, 4) is 0 Å². The van der Waals surface area contributed by atoms with Crippen molar-refractivity contribution in [1.29, 1.82) is 0 Å². The molecule has 4 atom stereocenters. The molecule has 0 aromatic heterocycles. The van der Waals surface area contributed by atoms with E-state index in [4.69, 9.17) is 0 Å². The van der Waals surface area contributed by atoms with Crippen LogP contribution in [0, 0.1) is 11.8 Å². The molecule has 2 nitrogen and oxygen atoms in total. The number of hydrogen-bond acceptors (Lipinski definition) is 2. The van der Waals surface area contributed by atoms with Gasteiger partial charge in [0.05, 0.1) is 14.2 Å². The van der Waals surface area contributed by atoms with Crippen LogP contribution in [0.15, 0.2) is 0 Å². The van der Waals surface area contributed by atoms with Gasteiger partial charge in [-0.15, -0.1) is 6.42 Å². The van der Waals surface area contributed by atoms with E-state index in [1.165, 1.54) is 6.42 Å². The third-order valence-corrected chi connectivity index (χ3v) is 8.73. The molecule has 2 saturated carbocycles. The fraction of sp³-hybridized carbons (Fsp3) is 0.917. The van der Waals surface area contributed by atoms with Crippen LogP contribution in [0.3, 0.4) is 0 Å². The summed E-state index contributed by atoms with van der Waals surface area (Å²) in [4.78, 5) is 10.7. The first kappa shape index (κ1) is 11.3. The predicted octanol–water partition coefficient (Wildman–Crippen LogP) is 2.36. The Bertz CT molecular complexity index is 271. The van der Waals surface area contributed by atoms with E-state index >= 15 is 0 Å². The Morgan fingerprint density at radius 3 is 2.60 bits per heavy atom. The molecule has 2 fully saturated rings. The van der Waals surface area contributed by atoms with E-state index in [1.54, 1.807) is 0 Å². The Hall–Kier alpha value is -0.153. The van der Waals surface area contributed by atoms with Crippen molar-refractivity contribution in [2.45, 2.75) is 56.5 Å². The van der Waals surface area contributed by atoms with Crippen LogP contribution in [0.2, 0.25) is 24.7 Å². The first-order chi connectivity index (χ1) is 6.93. The maximum absolute atomic E-state index is 10.7. The Balaban J connectivity index is 2.36. The first-order valence-corrected chi connectivity index (χ1v) is 9.46. The molecule has 0 saturated heterocycles. The highest BCUT2D eigenvalue weighted by Gasteiger charge is 2.62. The van der Waals surface area contributed by atoms with Crippen molar-refractivity contribution >= 4 is 14.4 Å². The molecular weight excluding hydrogens is 204 g/mol. The van der Waals surface area contributed by atoms with E-state index in [2.05, 4.69) is 25.9 Å². The van der Waals surface area contributed by atoms with E-state index < -0.39 is 8.07 Å². The number of fused-ring (bicyclic) bond motifs is 2. The lowest BCUT2D eigenvalue weighted by atomic mass is 9.93. The molecule has 0 spiro atoms. The minimum absolute atomic E-state index is 0.106. The summed E-state index contributed by atoms with van der Waals surface area (Å²) in [6.45, 7) is 7.01. The maximum Gasteiger partial charge on any atom is 0.0577 e. The van der Waals surface area contributed by atoms with Crippen LogP contribution in [0.4, 0.5) is 0 Å². The molecule has 2 aliphatic rings. The van der Waals surface area contributed by atoms with Crippen LogP contribution in [0.25, 0.3) is 0 Å². The Morgan fingerprint density at radius 2 is 2.13 bits per heavy atom. The maximum atomic E-state index is 10.7. The summed E-state index contributed by atoms with van der Waals surface area (Å²) in [6.07, 6.45) is 5.77. The van der Waals surface area contributed by atoms with Crippen LogP contribution < -0.4 is 0 Å². The average molecular weight is 225 g/mol. The molecule has 3 heteroatoms. The summed E-state index contributed by atoms with van der Waals surface area (Å²) in [7, 11) is -1.43. The van der Waals surface area contributed by atoms with Crippen molar-refractivity contribution in [2.24, 2.45) is 11.8 Å². The van der Waals surface area contributed by atoms with Crippen molar-refractivity contribution in [3.05, 3.63) is 0 Å². The minimum Gasteiger partial charge on any atom is -0.542 e. The van der Waals surface area contributed by atoms with Gasteiger partial charge in [-0.1, -0.05) is 25.6 Å². The number of carbonyl (C=O) groups excluding carboxylic acids is 1. The van der Waals surface area contributed by atoms with E-state index in [0.29, 0.717) is 18.3 Å². The molecule has 0 aromatic carbocycles. The first-order valence-electron chi connectivity index (χ1n) is 5.96. The monoisotopic (exact) mass is 225 g/mol. The van der Waals surface area contributed by atoms with Gasteiger partial charge in [-0.05, 0) is 30.2 Å². The van der Waals surface area contributed by atoms with Crippen LogP contribution in [-0.4, -0.2) is 25.6 Å². The zero-order chi connectivity index (χ0) is 11.3. The molecular formula is C12H21O2Si-. The second-order valence-corrected chi connectivity index (χ2v) is 11.7. The van der Waals surface area contributed by atoms with Gasteiger partial charge in [0, 0.05) is 0 Å². The third kappa shape index (κ3) is 1.36. The standard InChI is InChI=1S/C12H21O2Si/c1-15(2,3)12-6-4-9(8-11(12)14)10(12)5-7-13/h9-11,14H,4-6,8H2,1-3H3/q-1. The zero-order valence-electron chi connectivity index (χ0n) is 9.92. The zero-order valence-corrected chi connectivity index (χ0v) is 10.9. The minimum atomic E-state index is -1.43. The number of aliphatic hydroxyl groups is 1. The molecule has 86 valence electrons. The molecule has 2 rings (SSSR count). The quantitative estimate of drug-likeness (QED) is 0.591. The van der Waals surface area contributed by atoms with Crippen LogP contribution in [0.1, 0.15) is 25.7 Å². The van der Waals surface area contributed by atoms with Crippen molar-refractivity contribution in [3.63, 3.8) is 0 Å². The molecule has 1 N–H and O–H groups in total. The fourth-order valence-corrected chi connectivity index (χ4v) is 7.76. The lowest BCUT2D eigenvalue weighted by Gasteiger charge is -2.46. The highest BCUT2D eigenvalue weighted by atomic mass is 28.3. The van der Waals surface area contributed by atoms with E-state index in [0.717, 1.165) is 12.8 Å². The number of rotatable bonds is 3. The molecule has 2 aliphatic carbocycles. The molecule has 0 radical (unpaired) electrons. The third-order valence-electron chi connectivity index (χ3n) is 4.98. The van der Waals surface area contributed by atoms with Gasteiger partial charge < -0.3 is 9.90 Å². The fourth-order valence-electron chi connectivity index (χ4n) is 4.29. The number of aliphatic hydroxyl groups excluding tert-OH is 1. The summed E-state index contributed by atoms with van der Waals surface area (Å²) < 4.78 is 0. The van der Waals surface area contributed by atoms with Gasteiger partial charge in [0.25, 0.3) is 0 Å². The Labute approximate surface area is 93.1 Å². The van der Waals surface area contributed by atoms with Gasteiger partial charge >= 0.3 is 0 Å². The van der Waals surface area contributed by atoms with Crippen molar-refractivity contribution in [1.82, 2.24) is 0 Å². The lowest BCUT2D eigenvalue weighted by Crippen LogP contribution is -2.47. The normalized spacial score (nSPS) is 44.7. The van der Waals surface area contributed by atoms with Gasteiger partial charge in [0.2, 0.25) is 0 Å². The molecule has 15 heavy (non-hydrogen) atoms. The largest absolute Gasteiger partial charge is 0.542 e. The van der Waals surface area contributed by atoms with E-state index in [-0.39, 0.29) is 11.1 Å². The molecule has 0 heterocycles. The molecule has 0 amide bonds. The predicted molar refractivity (Wildman–Crippen MR) is 63.2 cm³/mol. The smallest absolute Gasteiger partial charge is 0.0577 e. The summed E-state index contributed by atoms with van der Waals surface area (Å²) >= 11 is 0. The van der Waals surface area contributed by atoms with E-state index in [9.17, 15) is 9.90 Å². The van der Waals surface area contributed by atoms with Crippen LogP contribution >= 0.6 is 0 Å². The second kappa shape index (κ2) is 3.42. The second-order valence-electron chi connectivity index (χ2n) is 6.30. The topological polar surface area (TPSA) is 37.3 Å². The molecule has 0 aliphatic heterocycles. The van der Waals surface area contributed by atoms with Gasteiger partial charge in [-0.25, -0.2) is 0 Å². The Kier molecular flexibility index (Phi) is 2.59. The summed E-state index contributed by atoms with van der Waals surface area (Å²) in [5.74, 6) is 1.02. The number of hydrogen-bond donors (Lipinski definition) is 1.